The minimum Gasteiger partial charge on any atom is -0.345 e. The van der Waals surface area contributed by atoms with Crippen molar-refractivity contribution in [3.05, 3.63) is 48.3 Å². The maximum atomic E-state index is 11.9. The van der Waals surface area contributed by atoms with E-state index in [0.717, 1.165) is 6.29 Å². The number of nitrogens with one attached hydrogen (secondary N) is 2. The molecule has 0 fully saturated rings. The predicted molar refractivity (Wildman–Crippen MR) is 83.8 cm³/mol. The quantitative estimate of drug-likeness (QED) is 0.803. The van der Waals surface area contributed by atoms with Gasteiger partial charge in [0.05, 0.1) is 5.69 Å². The van der Waals surface area contributed by atoms with Gasteiger partial charge in [0.25, 0.3) is 0 Å². The van der Waals surface area contributed by atoms with Crippen LogP contribution >= 0.6 is 0 Å². The molecule has 0 spiro atoms. The van der Waals surface area contributed by atoms with E-state index in [1.54, 1.807) is 47.2 Å². The molecular formula is C16H17N3O3. The molecule has 2 amide bonds. The number of benzene rings is 1. The van der Waals surface area contributed by atoms with Crippen LogP contribution in [0.3, 0.4) is 0 Å². The van der Waals surface area contributed by atoms with Crippen LogP contribution in [0.5, 0.6) is 0 Å². The van der Waals surface area contributed by atoms with E-state index in [4.69, 9.17) is 0 Å². The zero-order valence-corrected chi connectivity index (χ0v) is 12.2. The van der Waals surface area contributed by atoms with Gasteiger partial charge < -0.3 is 15.2 Å². The van der Waals surface area contributed by atoms with Gasteiger partial charge in [0, 0.05) is 37.5 Å². The van der Waals surface area contributed by atoms with Crippen LogP contribution < -0.4 is 10.6 Å². The van der Waals surface area contributed by atoms with Crippen LogP contribution in [0.4, 0.5) is 11.4 Å². The number of hydrogen-bond acceptors (Lipinski definition) is 3. The number of aldehydes is 1. The van der Waals surface area contributed by atoms with Crippen molar-refractivity contribution in [2.75, 3.05) is 10.6 Å². The lowest BCUT2D eigenvalue weighted by molar-refractivity contribution is -0.116. The second kappa shape index (κ2) is 7.21. The molecule has 0 atom stereocenters. The molecule has 1 aromatic carbocycles. The zero-order chi connectivity index (χ0) is 15.9. The highest BCUT2D eigenvalue weighted by molar-refractivity contribution is 5.92. The van der Waals surface area contributed by atoms with Crippen molar-refractivity contribution >= 4 is 29.5 Å². The Hall–Kier alpha value is -2.89. The molecule has 1 aromatic heterocycles. The number of amides is 2. The molecule has 0 saturated heterocycles. The number of aromatic nitrogens is 1. The van der Waals surface area contributed by atoms with Crippen LogP contribution in [-0.2, 0) is 16.1 Å². The molecule has 2 rings (SSSR count). The summed E-state index contributed by atoms with van der Waals surface area (Å²) in [5.74, 6) is -0.285. The van der Waals surface area contributed by atoms with Crippen molar-refractivity contribution in [1.29, 1.82) is 0 Å². The molecule has 2 N–H and O–H groups in total. The van der Waals surface area contributed by atoms with Crippen molar-refractivity contribution < 1.29 is 14.4 Å². The number of hydrogen-bond donors (Lipinski definition) is 2. The molecule has 0 aliphatic heterocycles. The summed E-state index contributed by atoms with van der Waals surface area (Å²) in [5.41, 5.74) is 1.88. The van der Waals surface area contributed by atoms with Gasteiger partial charge in [0.15, 0.2) is 6.29 Å². The summed E-state index contributed by atoms with van der Waals surface area (Å²) in [6, 6.07) is 10.3. The van der Waals surface area contributed by atoms with Gasteiger partial charge in [-0.25, -0.2) is 0 Å². The van der Waals surface area contributed by atoms with E-state index in [1.165, 1.54) is 6.92 Å². The lowest BCUT2D eigenvalue weighted by Crippen LogP contribution is -2.15. The third kappa shape index (κ3) is 4.31. The van der Waals surface area contributed by atoms with Gasteiger partial charge in [-0.15, -0.1) is 0 Å². The number of anilines is 2. The molecule has 0 radical (unpaired) electrons. The number of carbonyl (C=O) groups is 3. The second-order valence-electron chi connectivity index (χ2n) is 4.80. The molecule has 0 saturated carbocycles. The molecule has 0 aliphatic rings. The summed E-state index contributed by atoms with van der Waals surface area (Å²) in [6.07, 6.45) is 2.79. The number of aryl methyl sites for hydroxylation is 1. The van der Waals surface area contributed by atoms with Gasteiger partial charge >= 0.3 is 0 Å². The SMILES string of the molecule is CC(=O)Nc1ccc(NC(=O)CCn2cccc2C=O)cc1. The van der Waals surface area contributed by atoms with Gasteiger partial charge in [-0.2, -0.15) is 0 Å². The molecule has 6 heteroatoms. The molecule has 1 heterocycles. The molecule has 0 aliphatic carbocycles. The lowest BCUT2D eigenvalue weighted by atomic mass is 10.2. The molecule has 0 bridgehead atoms. The highest BCUT2D eigenvalue weighted by Gasteiger charge is 2.05. The third-order valence-electron chi connectivity index (χ3n) is 3.05. The first-order chi connectivity index (χ1) is 10.6. The van der Waals surface area contributed by atoms with Crippen LogP contribution in [0.15, 0.2) is 42.6 Å². The Morgan fingerprint density at radius 3 is 2.32 bits per heavy atom. The Morgan fingerprint density at radius 1 is 1.09 bits per heavy atom. The van der Waals surface area contributed by atoms with E-state index >= 15 is 0 Å². The summed E-state index contributed by atoms with van der Waals surface area (Å²) in [6.45, 7) is 1.88. The Labute approximate surface area is 128 Å². The molecule has 114 valence electrons. The number of carbonyl (C=O) groups excluding carboxylic acids is 3. The normalized spacial score (nSPS) is 10.0. The fraction of sp³-hybridized carbons (Fsp3) is 0.188. The first-order valence-electron chi connectivity index (χ1n) is 6.86. The van der Waals surface area contributed by atoms with Crippen LogP contribution in [0.25, 0.3) is 0 Å². The van der Waals surface area contributed by atoms with Gasteiger partial charge in [-0.1, -0.05) is 0 Å². The minimum atomic E-state index is -0.144. The first kappa shape index (κ1) is 15.5. The Kier molecular flexibility index (Phi) is 5.08. The molecule has 6 nitrogen and oxygen atoms in total. The molecular weight excluding hydrogens is 282 g/mol. The maximum Gasteiger partial charge on any atom is 0.226 e. The monoisotopic (exact) mass is 299 g/mol. The maximum absolute atomic E-state index is 11.9. The van der Waals surface area contributed by atoms with Crippen molar-refractivity contribution in [3.8, 4) is 0 Å². The van der Waals surface area contributed by atoms with E-state index in [2.05, 4.69) is 10.6 Å². The standard InChI is InChI=1S/C16H17N3O3/c1-12(21)17-13-4-6-14(7-5-13)18-16(22)8-10-19-9-2-3-15(19)11-20/h2-7,9,11H,8,10H2,1H3,(H,17,21)(H,18,22). The minimum absolute atomic E-state index is 0.141. The van der Waals surface area contributed by atoms with Crippen molar-refractivity contribution in [3.63, 3.8) is 0 Å². The second-order valence-corrected chi connectivity index (χ2v) is 4.80. The summed E-state index contributed by atoms with van der Waals surface area (Å²) in [7, 11) is 0. The summed E-state index contributed by atoms with van der Waals surface area (Å²) < 4.78 is 1.73. The summed E-state index contributed by atoms with van der Waals surface area (Å²) >= 11 is 0. The van der Waals surface area contributed by atoms with Crippen molar-refractivity contribution in [1.82, 2.24) is 4.57 Å². The lowest BCUT2D eigenvalue weighted by Gasteiger charge is -2.08. The van der Waals surface area contributed by atoms with E-state index in [9.17, 15) is 14.4 Å². The number of nitrogens with zero attached hydrogens (tertiary/aromatic N) is 1. The Balaban J connectivity index is 1.86. The molecule has 22 heavy (non-hydrogen) atoms. The van der Waals surface area contributed by atoms with Crippen LogP contribution in [0.1, 0.15) is 23.8 Å². The predicted octanol–water partition coefficient (Wildman–Crippen LogP) is 2.29. The third-order valence-corrected chi connectivity index (χ3v) is 3.05. The summed E-state index contributed by atoms with van der Waals surface area (Å²) in [4.78, 5) is 33.6. The zero-order valence-electron chi connectivity index (χ0n) is 12.2. The van der Waals surface area contributed by atoms with Crippen LogP contribution in [-0.4, -0.2) is 22.7 Å². The highest BCUT2D eigenvalue weighted by Crippen LogP contribution is 2.14. The van der Waals surface area contributed by atoms with Gasteiger partial charge in [0.2, 0.25) is 11.8 Å². The molecule has 0 unspecified atom stereocenters. The van der Waals surface area contributed by atoms with Crippen molar-refractivity contribution in [2.45, 2.75) is 19.9 Å². The topological polar surface area (TPSA) is 80.2 Å². The Bertz CT molecular complexity index is 674. The highest BCUT2D eigenvalue weighted by atomic mass is 16.2. The summed E-state index contributed by atoms with van der Waals surface area (Å²) in [5, 5.41) is 5.42. The van der Waals surface area contributed by atoms with Crippen LogP contribution in [0.2, 0.25) is 0 Å². The van der Waals surface area contributed by atoms with Gasteiger partial charge in [0.1, 0.15) is 0 Å². The first-order valence-corrected chi connectivity index (χ1v) is 6.86. The average molecular weight is 299 g/mol. The van der Waals surface area contributed by atoms with E-state index in [0.29, 0.717) is 23.6 Å². The fourth-order valence-corrected chi connectivity index (χ4v) is 2.02. The van der Waals surface area contributed by atoms with E-state index in [-0.39, 0.29) is 18.2 Å². The fourth-order valence-electron chi connectivity index (χ4n) is 2.02. The molecule has 2 aromatic rings. The van der Waals surface area contributed by atoms with E-state index < -0.39 is 0 Å². The number of rotatable bonds is 6. The smallest absolute Gasteiger partial charge is 0.226 e. The van der Waals surface area contributed by atoms with Crippen molar-refractivity contribution in [2.24, 2.45) is 0 Å². The van der Waals surface area contributed by atoms with Gasteiger partial charge in [-0.3, -0.25) is 14.4 Å². The Morgan fingerprint density at radius 2 is 1.73 bits per heavy atom. The van der Waals surface area contributed by atoms with E-state index in [1.807, 2.05) is 0 Å². The van der Waals surface area contributed by atoms with Gasteiger partial charge in [-0.05, 0) is 36.4 Å². The average Bonchev–Trinajstić information content (AvgIpc) is 2.94. The van der Waals surface area contributed by atoms with Crippen LogP contribution in [0, 0.1) is 0 Å². The largest absolute Gasteiger partial charge is 0.345 e.